The van der Waals surface area contributed by atoms with Crippen LogP contribution in [0.2, 0.25) is 0 Å². The molecule has 4 atom stereocenters. The van der Waals surface area contributed by atoms with Crippen molar-refractivity contribution in [3.63, 3.8) is 0 Å². The molecule has 2 heterocycles. The standard InChI is InChI=1S/C21H26O6/c1-2-25-27-21-16-9-5-8-15(16)20(23-11-6-12-24-20)13-17(21)14-7-3-4-10-18(14)26-19(21)22/h3-4,7,10,15-17H,2,5-6,8-9,11-13H2,1H3. The second-order valence-corrected chi connectivity index (χ2v) is 7.97. The van der Waals surface area contributed by atoms with Crippen molar-refractivity contribution in [3.8, 4) is 5.75 Å². The minimum absolute atomic E-state index is 0.0539. The quantitative estimate of drug-likeness (QED) is 0.350. The van der Waals surface area contributed by atoms with Gasteiger partial charge in [0.25, 0.3) is 0 Å². The van der Waals surface area contributed by atoms with Crippen molar-refractivity contribution in [2.75, 3.05) is 19.8 Å². The lowest BCUT2D eigenvalue weighted by Crippen LogP contribution is -2.67. The molecule has 2 aliphatic heterocycles. The van der Waals surface area contributed by atoms with Crippen LogP contribution >= 0.6 is 0 Å². The fourth-order valence-electron chi connectivity index (χ4n) is 5.75. The van der Waals surface area contributed by atoms with Gasteiger partial charge in [-0.15, -0.1) is 0 Å². The monoisotopic (exact) mass is 374 g/mol. The Hall–Kier alpha value is -1.47. The minimum Gasteiger partial charge on any atom is -0.424 e. The Morgan fingerprint density at radius 2 is 1.89 bits per heavy atom. The summed E-state index contributed by atoms with van der Waals surface area (Å²) in [7, 11) is 0. The first-order valence-electron chi connectivity index (χ1n) is 10.1. The fourth-order valence-corrected chi connectivity index (χ4v) is 5.75. The molecule has 6 nitrogen and oxygen atoms in total. The Balaban J connectivity index is 1.66. The van der Waals surface area contributed by atoms with E-state index in [0.29, 0.717) is 32.0 Å². The lowest BCUT2D eigenvalue weighted by molar-refractivity contribution is -0.402. The van der Waals surface area contributed by atoms with E-state index >= 15 is 0 Å². The topological polar surface area (TPSA) is 63.2 Å². The largest absolute Gasteiger partial charge is 0.424 e. The molecule has 27 heavy (non-hydrogen) atoms. The van der Waals surface area contributed by atoms with Gasteiger partial charge in [-0.2, -0.15) is 0 Å². The summed E-state index contributed by atoms with van der Waals surface area (Å²) in [6.07, 6.45) is 4.34. The highest BCUT2D eigenvalue weighted by molar-refractivity contribution is 5.86. The third-order valence-electron chi connectivity index (χ3n) is 6.75. The molecule has 1 saturated heterocycles. The van der Waals surface area contributed by atoms with Crippen LogP contribution in [0.15, 0.2) is 24.3 Å². The number of benzene rings is 1. The third-order valence-corrected chi connectivity index (χ3v) is 6.75. The van der Waals surface area contributed by atoms with E-state index in [2.05, 4.69) is 0 Å². The first-order chi connectivity index (χ1) is 13.2. The maximum absolute atomic E-state index is 13.3. The number of hydrogen-bond donors (Lipinski definition) is 0. The van der Waals surface area contributed by atoms with E-state index in [9.17, 15) is 4.79 Å². The van der Waals surface area contributed by atoms with Gasteiger partial charge >= 0.3 is 5.97 Å². The van der Waals surface area contributed by atoms with Crippen molar-refractivity contribution in [1.29, 1.82) is 0 Å². The number of hydrogen-bond acceptors (Lipinski definition) is 6. The molecule has 3 fully saturated rings. The van der Waals surface area contributed by atoms with Gasteiger partial charge in [0.2, 0.25) is 5.60 Å². The minimum atomic E-state index is -1.14. The molecule has 0 bridgehead atoms. The van der Waals surface area contributed by atoms with Gasteiger partial charge in [-0.3, -0.25) is 0 Å². The maximum Gasteiger partial charge on any atom is 0.348 e. The molecular weight excluding hydrogens is 348 g/mol. The van der Waals surface area contributed by atoms with Crippen molar-refractivity contribution in [1.82, 2.24) is 0 Å². The molecule has 0 radical (unpaired) electrons. The maximum atomic E-state index is 13.3. The average molecular weight is 374 g/mol. The lowest BCUT2D eigenvalue weighted by atomic mass is 9.59. The lowest BCUT2D eigenvalue weighted by Gasteiger charge is -2.57. The molecule has 0 aromatic heterocycles. The van der Waals surface area contributed by atoms with Crippen LogP contribution in [0.3, 0.4) is 0 Å². The summed E-state index contributed by atoms with van der Waals surface area (Å²) in [4.78, 5) is 24.7. The number of carbonyl (C=O) groups is 1. The summed E-state index contributed by atoms with van der Waals surface area (Å²) >= 11 is 0. The highest BCUT2D eigenvalue weighted by atomic mass is 17.2. The van der Waals surface area contributed by atoms with E-state index in [0.717, 1.165) is 31.2 Å². The van der Waals surface area contributed by atoms with Crippen LogP contribution in [0.25, 0.3) is 0 Å². The van der Waals surface area contributed by atoms with E-state index in [4.69, 9.17) is 24.0 Å². The van der Waals surface area contributed by atoms with Crippen molar-refractivity contribution < 1.29 is 28.8 Å². The summed E-state index contributed by atoms with van der Waals surface area (Å²) in [5.41, 5.74) is -0.166. The molecule has 5 rings (SSSR count). The van der Waals surface area contributed by atoms with Gasteiger partial charge in [-0.1, -0.05) is 24.6 Å². The van der Waals surface area contributed by atoms with Crippen LogP contribution in [-0.4, -0.2) is 37.2 Å². The van der Waals surface area contributed by atoms with E-state index in [1.165, 1.54) is 0 Å². The second kappa shape index (κ2) is 6.55. The average Bonchev–Trinajstić information content (AvgIpc) is 3.20. The predicted molar refractivity (Wildman–Crippen MR) is 95.0 cm³/mol. The van der Waals surface area contributed by atoms with Crippen molar-refractivity contribution in [2.45, 2.75) is 56.3 Å². The van der Waals surface area contributed by atoms with Crippen LogP contribution < -0.4 is 4.74 Å². The molecule has 4 aliphatic rings. The summed E-state index contributed by atoms with van der Waals surface area (Å²) < 4.78 is 18.4. The number of carbonyl (C=O) groups excluding carboxylic acids is 1. The molecule has 1 aromatic rings. The van der Waals surface area contributed by atoms with Gasteiger partial charge in [0.1, 0.15) is 5.75 Å². The number of esters is 1. The fraction of sp³-hybridized carbons (Fsp3) is 0.667. The normalized spacial score (nSPS) is 36.6. The first kappa shape index (κ1) is 17.6. The molecule has 6 heteroatoms. The summed E-state index contributed by atoms with van der Waals surface area (Å²) in [5.74, 6) is -0.561. The molecule has 2 saturated carbocycles. The molecule has 2 aliphatic carbocycles. The summed E-state index contributed by atoms with van der Waals surface area (Å²) in [5, 5.41) is 0. The van der Waals surface area contributed by atoms with Crippen LogP contribution in [-0.2, 0) is 24.0 Å². The van der Waals surface area contributed by atoms with Gasteiger partial charge in [-0.05, 0) is 32.3 Å². The Bertz CT molecular complexity index is 727. The Labute approximate surface area is 159 Å². The Morgan fingerprint density at radius 3 is 2.70 bits per heavy atom. The van der Waals surface area contributed by atoms with Gasteiger partial charge in [0.05, 0.1) is 19.8 Å². The Kier molecular flexibility index (Phi) is 4.27. The second-order valence-electron chi connectivity index (χ2n) is 7.97. The van der Waals surface area contributed by atoms with Crippen LogP contribution in [0.1, 0.15) is 50.5 Å². The molecule has 0 N–H and O–H groups in total. The molecule has 1 spiro atoms. The van der Waals surface area contributed by atoms with Crippen molar-refractivity contribution >= 4 is 5.97 Å². The third kappa shape index (κ3) is 2.43. The highest BCUT2D eigenvalue weighted by Crippen LogP contribution is 2.63. The van der Waals surface area contributed by atoms with Gasteiger partial charge < -0.3 is 14.2 Å². The van der Waals surface area contributed by atoms with Gasteiger partial charge in [0, 0.05) is 29.7 Å². The molecule has 1 aromatic carbocycles. The van der Waals surface area contributed by atoms with E-state index in [1.807, 2.05) is 31.2 Å². The SMILES string of the molecule is CCOOC12C(=O)Oc3ccccc3C1CC1(OCCCO1)C1CCCC12. The smallest absolute Gasteiger partial charge is 0.348 e. The first-order valence-corrected chi connectivity index (χ1v) is 10.1. The van der Waals surface area contributed by atoms with Crippen LogP contribution in [0.4, 0.5) is 0 Å². The zero-order valence-electron chi connectivity index (χ0n) is 15.6. The van der Waals surface area contributed by atoms with E-state index in [-0.39, 0.29) is 23.7 Å². The van der Waals surface area contributed by atoms with E-state index < -0.39 is 11.4 Å². The molecule has 0 amide bonds. The zero-order valence-corrected chi connectivity index (χ0v) is 15.6. The molecule has 146 valence electrons. The van der Waals surface area contributed by atoms with Crippen LogP contribution in [0, 0.1) is 11.8 Å². The number of fused-ring (bicyclic) bond motifs is 6. The van der Waals surface area contributed by atoms with Crippen molar-refractivity contribution in [3.05, 3.63) is 29.8 Å². The van der Waals surface area contributed by atoms with E-state index in [1.54, 1.807) is 0 Å². The van der Waals surface area contributed by atoms with Crippen molar-refractivity contribution in [2.24, 2.45) is 11.8 Å². The number of para-hydroxylation sites is 1. The molecular formula is C21H26O6. The predicted octanol–water partition coefficient (Wildman–Crippen LogP) is 3.35. The van der Waals surface area contributed by atoms with Gasteiger partial charge in [-0.25, -0.2) is 14.6 Å². The summed E-state index contributed by atoms with van der Waals surface area (Å²) in [6.45, 7) is 3.62. The van der Waals surface area contributed by atoms with Crippen LogP contribution in [0.5, 0.6) is 5.75 Å². The van der Waals surface area contributed by atoms with Gasteiger partial charge in [0.15, 0.2) is 5.79 Å². The highest BCUT2D eigenvalue weighted by Gasteiger charge is 2.70. The number of rotatable bonds is 3. The zero-order chi connectivity index (χ0) is 18.5. The summed E-state index contributed by atoms with van der Waals surface area (Å²) in [6, 6.07) is 7.71. The molecule has 4 unspecified atom stereocenters. The number of ether oxygens (including phenoxy) is 3. The Morgan fingerprint density at radius 1 is 1.11 bits per heavy atom.